The molecule has 0 saturated heterocycles. The van der Waals surface area contributed by atoms with Crippen LogP contribution in [0.1, 0.15) is 88.2 Å². The van der Waals surface area contributed by atoms with E-state index < -0.39 is 51.4 Å². The second-order valence-corrected chi connectivity index (χ2v) is 9.93. The van der Waals surface area contributed by atoms with Gasteiger partial charge in [0.25, 0.3) is 0 Å². The molecule has 0 spiro atoms. The number of rotatable bonds is 11. The van der Waals surface area contributed by atoms with Crippen LogP contribution in [0.15, 0.2) is 34.3 Å². The fourth-order valence-electron chi connectivity index (χ4n) is 4.59. The van der Waals surface area contributed by atoms with Crippen molar-refractivity contribution in [3.8, 4) is 17.2 Å². The van der Waals surface area contributed by atoms with Gasteiger partial charge in [-0.1, -0.05) is 25.5 Å². The van der Waals surface area contributed by atoms with E-state index >= 15 is 0 Å². The zero-order valence-corrected chi connectivity index (χ0v) is 22.7. The van der Waals surface area contributed by atoms with Crippen molar-refractivity contribution >= 4 is 17.3 Å². The first-order valence-electron chi connectivity index (χ1n) is 12.5. The Morgan fingerprint density at radius 2 is 1.54 bits per heavy atom. The molecule has 1 aliphatic rings. The minimum Gasteiger partial charge on any atom is -0.511 e. The number of aromatic hydroxyl groups is 2. The molecule has 37 heavy (non-hydrogen) atoms. The summed E-state index contributed by atoms with van der Waals surface area (Å²) in [4.78, 5) is 39.2. The van der Waals surface area contributed by atoms with E-state index in [9.17, 15) is 34.8 Å². The third-order valence-electron chi connectivity index (χ3n) is 6.78. The summed E-state index contributed by atoms with van der Waals surface area (Å²) in [5, 5.41) is 44.3. The van der Waals surface area contributed by atoms with Gasteiger partial charge in [-0.15, -0.1) is 0 Å². The van der Waals surface area contributed by atoms with Crippen LogP contribution < -0.4 is 4.74 Å². The van der Waals surface area contributed by atoms with Crippen molar-refractivity contribution in [2.75, 3.05) is 7.11 Å². The SMILES string of the molecule is CCCC(=O)C1=C(O)C(Cc2c(O)c(C(=O)CCC)c(O)c(C)c2OC)=C(O)C(C)(CC=C(C)C)C1=O. The molecule has 0 saturated carbocycles. The highest BCUT2D eigenvalue weighted by atomic mass is 16.5. The number of carbonyl (C=O) groups is 3. The predicted molar refractivity (Wildman–Crippen MR) is 140 cm³/mol. The number of methoxy groups -OCH3 is 1. The number of hydrogen-bond donors (Lipinski definition) is 4. The van der Waals surface area contributed by atoms with Gasteiger partial charge in [-0.25, -0.2) is 0 Å². The van der Waals surface area contributed by atoms with E-state index in [2.05, 4.69) is 0 Å². The van der Waals surface area contributed by atoms with Crippen molar-refractivity contribution in [1.82, 2.24) is 0 Å². The van der Waals surface area contributed by atoms with Crippen LogP contribution in [-0.2, 0) is 16.0 Å². The number of aliphatic hydroxyl groups excluding tert-OH is 2. The Labute approximate surface area is 218 Å². The minimum absolute atomic E-state index is 0.0282. The molecule has 0 amide bonds. The fraction of sp³-hybridized carbons (Fsp3) is 0.483. The third-order valence-corrected chi connectivity index (χ3v) is 6.78. The van der Waals surface area contributed by atoms with E-state index in [1.165, 1.54) is 21.0 Å². The summed E-state index contributed by atoms with van der Waals surface area (Å²) in [6.45, 7) is 10.3. The molecule has 1 aromatic rings. The maximum atomic E-state index is 13.5. The smallest absolute Gasteiger partial charge is 0.183 e. The number of phenolic OH excluding ortho intramolecular Hbond substituents is 2. The molecule has 8 heteroatoms. The monoisotopic (exact) mass is 514 g/mol. The fourth-order valence-corrected chi connectivity index (χ4v) is 4.59. The summed E-state index contributed by atoms with van der Waals surface area (Å²) in [5.41, 5.74) is -1.21. The van der Waals surface area contributed by atoms with Crippen LogP contribution in [0, 0.1) is 12.3 Å². The van der Waals surface area contributed by atoms with Crippen molar-refractivity contribution < 1.29 is 39.5 Å². The molecular weight excluding hydrogens is 476 g/mol. The Morgan fingerprint density at radius 1 is 0.973 bits per heavy atom. The number of ketones is 3. The van der Waals surface area contributed by atoms with Gasteiger partial charge < -0.3 is 25.2 Å². The van der Waals surface area contributed by atoms with Gasteiger partial charge >= 0.3 is 0 Å². The summed E-state index contributed by atoms with van der Waals surface area (Å²) >= 11 is 0. The van der Waals surface area contributed by atoms with Gasteiger partial charge in [-0.05, 0) is 47.0 Å². The third kappa shape index (κ3) is 5.43. The number of carbonyl (C=O) groups excluding carboxylic acids is 3. The van der Waals surface area contributed by atoms with Crippen molar-refractivity contribution in [3.05, 3.63) is 51.0 Å². The molecule has 1 atom stereocenters. The number of ether oxygens (including phenoxy) is 1. The average Bonchev–Trinajstić information content (AvgIpc) is 2.83. The lowest BCUT2D eigenvalue weighted by Crippen LogP contribution is -2.39. The highest BCUT2D eigenvalue weighted by Crippen LogP contribution is 2.48. The van der Waals surface area contributed by atoms with Crippen LogP contribution in [0.2, 0.25) is 0 Å². The van der Waals surface area contributed by atoms with Crippen LogP contribution in [0.5, 0.6) is 17.2 Å². The largest absolute Gasteiger partial charge is 0.511 e. The van der Waals surface area contributed by atoms with Crippen LogP contribution in [-0.4, -0.2) is 44.9 Å². The molecule has 0 heterocycles. The first-order valence-corrected chi connectivity index (χ1v) is 12.5. The number of phenols is 2. The van der Waals surface area contributed by atoms with Gasteiger partial charge in [0.2, 0.25) is 0 Å². The Kier molecular flexibility index (Phi) is 9.36. The molecular formula is C29H38O8. The van der Waals surface area contributed by atoms with E-state index in [0.717, 1.165) is 5.57 Å². The quantitative estimate of drug-likeness (QED) is 0.163. The van der Waals surface area contributed by atoms with E-state index in [1.807, 2.05) is 13.8 Å². The van der Waals surface area contributed by atoms with Gasteiger partial charge in [0, 0.05) is 36.0 Å². The Hall–Kier alpha value is -3.55. The van der Waals surface area contributed by atoms with Gasteiger partial charge in [-0.2, -0.15) is 0 Å². The molecule has 1 unspecified atom stereocenters. The zero-order chi connectivity index (χ0) is 28.2. The molecule has 4 N–H and O–H groups in total. The molecule has 0 bridgehead atoms. The molecule has 0 aromatic heterocycles. The summed E-state index contributed by atoms with van der Waals surface area (Å²) in [6.07, 6.45) is 2.53. The van der Waals surface area contributed by atoms with Crippen LogP contribution in [0.4, 0.5) is 0 Å². The molecule has 1 aliphatic carbocycles. The molecule has 202 valence electrons. The van der Waals surface area contributed by atoms with E-state index in [4.69, 9.17) is 4.74 Å². The van der Waals surface area contributed by atoms with Gasteiger partial charge in [0.1, 0.15) is 39.9 Å². The molecule has 0 aliphatic heterocycles. The number of benzene rings is 1. The lowest BCUT2D eigenvalue weighted by Gasteiger charge is -2.34. The van der Waals surface area contributed by atoms with E-state index in [-0.39, 0.29) is 53.7 Å². The number of Topliss-reactive ketones (excluding diaryl/α,β-unsaturated/α-hetero) is 3. The van der Waals surface area contributed by atoms with E-state index in [0.29, 0.717) is 12.8 Å². The summed E-state index contributed by atoms with van der Waals surface area (Å²) in [7, 11) is 1.32. The Bertz CT molecular complexity index is 1210. The minimum atomic E-state index is -1.53. The second kappa shape index (κ2) is 11.7. The van der Waals surface area contributed by atoms with Gasteiger partial charge in [0.15, 0.2) is 17.3 Å². The van der Waals surface area contributed by atoms with Gasteiger partial charge in [0.05, 0.1) is 12.5 Å². The van der Waals surface area contributed by atoms with Crippen molar-refractivity contribution in [2.45, 2.75) is 80.1 Å². The topological polar surface area (TPSA) is 141 Å². The maximum absolute atomic E-state index is 13.5. The van der Waals surface area contributed by atoms with Gasteiger partial charge in [-0.3, -0.25) is 14.4 Å². The Morgan fingerprint density at radius 3 is 2.05 bits per heavy atom. The van der Waals surface area contributed by atoms with Crippen molar-refractivity contribution in [1.29, 1.82) is 0 Å². The number of hydrogen-bond acceptors (Lipinski definition) is 8. The lowest BCUT2D eigenvalue weighted by molar-refractivity contribution is -0.127. The molecule has 1 aromatic carbocycles. The van der Waals surface area contributed by atoms with E-state index in [1.54, 1.807) is 19.9 Å². The maximum Gasteiger partial charge on any atom is 0.183 e. The van der Waals surface area contributed by atoms with Crippen LogP contribution >= 0.6 is 0 Å². The highest BCUT2D eigenvalue weighted by molar-refractivity contribution is 6.24. The predicted octanol–water partition coefficient (Wildman–Crippen LogP) is 5.88. The van der Waals surface area contributed by atoms with Crippen molar-refractivity contribution in [3.63, 3.8) is 0 Å². The first kappa shape index (κ1) is 29.7. The number of allylic oxidation sites excluding steroid dienone is 5. The standard InChI is InChI=1S/C29H38O8/c1-8-10-19(30)21-23(32)16(5)26(37-7)17(24(21)33)14-18-25(34)22(20(31)11-9-2)28(36)29(6,27(18)35)13-12-15(3)4/h12,32-35H,8-11,13-14H2,1-7H3. The summed E-state index contributed by atoms with van der Waals surface area (Å²) < 4.78 is 5.43. The number of aliphatic hydroxyl groups is 2. The highest BCUT2D eigenvalue weighted by Gasteiger charge is 2.47. The zero-order valence-electron chi connectivity index (χ0n) is 22.7. The summed E-state index contributed by atoms with van der Waals surface area (Å²) in [6, 6.07) is 0. The lowest BCUT2D eigenvalue weighted by atomic mass is 9.69. The molecule has 2 rings (SSSR count). The molecule has 0 radical (unpaired) electrons. The molecule has 8 nitrogen and oxygen atoms in total. The normalized spacial score (nSPS) is 17.8. The average molecular weight is 515 g/mol. The van der Waals surface area contributed by atoms with Crippen LogP contribution in [0.25, 0.3) is 0 Å². The molecule has 0 fully saturated rings. The summed E-state index contributed by atoms with van der Waals surface area (Å²) in [5.74, 6) is -3.71. The first-order chi connectivity index (χ1) is 17.3. The second-order valence-electron chi connectivity index (χ2n) is 9.93. The Balaban J connectivity index is 2.89. The van der Waals surface area contributed by atoms with Crippen molar-refractivity contribution in [2.24, 2.45) is 5.41 Å². The van der Waals surface area contributed by atoms with Crippen LogP contribution in [0.3, 0.4) is 0 Å².